The summed E-state index contributed by atoms with van der Waals surface area (Å²) in [6.07, 6.45) is -3.22. The Balaban J connectivity index is 0.000000334. The third-order valence-electron chi connectivity index (χ3n) is 15.5. The van der Waals surface area contributed by atoms with E-state index in [-0.39, 0.29) is 0 Å². The Morgan fingerprint density at radius 2 is 0.396 bits per heavy atom. The third-order valence-corrected chi connectivity index (χ3v) is 21.2. The molecule has 0 radical (unpaired) electrons. The molecule has 0 spiro atoms. The topological polar surface area (TPSA) is 16.6 Å². The van der Waals surface area contributed by atoms with Crippen molar-refractivity contribution >= 4 is 73.9 Å². The van der Waals surface area contributed by atoms with Crippen LogP contribution >= 0.6 is 0 Å². The van der Waals surface area contributed by atoms with Crippen LogP contribution < -0.4 is 23.0 Å². The highest BCUT2D eigenvalue weighted by atomic mass is 27.2. The van der Waals surface area contributed by atoms with E-state index in [1.54, 1.807) is 0 Å². The number of nitrogens with two attached hydrogens (primary N) is 1. The summed E-state index contributed by atoms with van der Waals surface area (Å²) in [7, 11) is 0. The average Bonchev–Trinajstić information content (AvgIpc) is 0.661. The third kappa shape index (κ3) is 11.3. The van der Waals surface area contributed by atoms with Crippen LogP contribution in [0, 0.1) is 216 Å². The molecule has 0 fully saturated rings. The van der Waals surface area contributed by atoms with E-state index in [2.05, 4.69) is 19.2 Å². The van der Waals surface area contributed by atoms with Crippen molar-refractivity contribution < 1.29 is 177 Å². The highest BCUT2D eigenvalue weighted by Gasteiger charge is 2.55. The van der Waals surface area contributed by atoms with Gasteiger partial charge < -0.3 is 5.32 Å². The molecular formula is C60H19AlF39N. The van der Waals surface area contributed by atoms with Crippen LogP contribution in [0.5, 0.6) is 0 Å². The summed E-state index contributed by atoms with van der Waals surface area (Å²) < 4.78 is 578. The number of halogens is 39. The first-order valence-corrected chi connectivity index (χ1v) is 29.1. The van der Waals surface area contributed by atoms with Gasteiger partial charge >= 0.3 is 6.18 Å². The molecule has 10 aromatic rings. The number of alkyl halides is 3. The van der Waals surface area contributed by atoms with Gasteiger partial charge in [0, 0.05) is 5.56 Å². The summed E-state index contributed by atoms with van der Waals surface area (Å²) in [5.74, 6) is -125. The van der Waals surface area contributed by atoms with E-state index in [9.17, 15) is 65.9 Å². The van der Waals surface area contributed by atoms with Crippen LogP contribution in [0.25, 0.3) is 54.2 Å². The molecule has 0 saturated carbocycles. The second-order valence-electron chi connectivity index (χ2n) is 20.9. The van der Waals surface area contributed by atoms with Crippen LogP contribution in [0.1, 0.15) is 37.8 Å². The number of benzene rings is 10. The van der Waals surface area contributed by atoms with Crippen LogP contribution in [0.3, 0.4) is 0 Å². The lowest BCUT2D eigenvalue weighted by atomic mass is 9.92. The standard InChI is InChI=1S/C14H3F11.4C10F7.C6H15N.Al/c1-2-3(4-7(16)11(20)13(22)12(21)8(4)17)5(14(23,24)25)9(18)10(19)6(2)15;4*11-3-1-2-4(7(14)6(3)13)8(15)10(17)9(16)5(2)12;1-3-5-7-6-4-2;/h1H3;;;;;7H,3-6H2,1-2H3;/q;;;;;;-1/p+1. The van der Waals surface area contributed by atoms with Gasteiger partial charge in [0.05, 0.1) is 40.2 Å². The molecule has 1 nitrogen and oxygen atoms in total. The Hall–Kier alpha value is -9.00. The van der Waals surface area contributed by atoms with Gasteiger partial charge in [-0.05, 0) is 46.9 Å². The molecule has 0 aliphatic rings. The molecule has 41 heteroatoms. The van der Waals surface area contributed by atoms with Crippen molar-refractivity contribution in [1.82, 2.24) is 0 Å². The molecule has 0 unspecified atom stereocenters. The maximum absolute atomic E-state index is 17.3. The molecule has 0 bridgehead atoms. The first kappa shape index (κ1) is 77.7. The van der Waals surface area contributed by atoms with E-state index in [0.29, 0.717) is 6.92 Å². The summed E-state index contributed by atoms with van der Waals surface area (Å²) in [5, 5.41) is -24.3. The molecule has 0 heterocycles. The molecular weight excluding hydrogens is 1500 g/mol. The van der Waals surface area contributed by atoms with E-state index in [1.807, 2.05) is 0 Å². The number of hydrogen-bond donors (Lipinski definition) is 1. The van der Waals surface area contributed by atoms with Gasteiger partial charge in [0.1, 0.15) is 28.8 Å². The molecule has 10 rings (SSSR count). The van der Waals surface area contributed by atoms with E-state index in [1.165, 1.54) is 25.9 Å². The van der Waals surface area contributed by atoms with Gasteiger partial charge in [-0.1, -0.05) is 13.8 Å². The van der Waals surface area contributed by atoms with Crippen LogP contribution in [-0.2, 0) is 6.18 Å². The summed E-state index contributed by atoms with van der Waals surface area (Å²) in [6.45, 7) is 7.39. The van der Waals surface area contributed by atoms with Crippen molar-refractivity contribution in [1.29, 1.82) is 0 Å². The highest BCUT2D eigenvalue weighted by Crippen LogP contribution is 2.47. The quantitative estimate of drug-likeness (QED) is 0.0488. The normalized spacial score (nSPS) is 12.1. The summed E-state index contributed by atoms with van der Waals surface area (Å²) in [5.41, 5.74) is -8.45. The molecule has 0 amide bonds. The van der Waals surface area contributed by atoms with Gasteiger partial charge in [-0.15, -0.1) is 0 Å². The van der Waals surface area contributed by atoms with Gasteiger partial charge in [-0.25, -0.2) is 158 Å². The van der Waals surface area contributed by atoms with Gasteiger partial charge in [-0.2, -0.15) is 30.9 Å². The number of fused-ring (bicyclic) bond motifs is 4. The second kappa shape index (κ2) is 27.4. The maximum Gasteiger partial charge on any atom is 0.419 e. The van der Waals surface area contributed by atoms with Gasteiger partial charge in [-0.3, -0.25) is 0 Å². The predicted octanol–water partition coefficient (Wildman–Crippen LogP) is 17.7. The summed E-state index contributed by atoms with van der Waals surface area (Å²) in [6, 6.07) is 0. The highest BCUT2D eigenvalue weighted by molar-refractivity contribution is 7.23. The second-order valence-corrected chi connectivity index (χ2v) is 25.0. The van der Waals surface area contributed by atoms with Crippen LogP contribution in [0.2, 0.25) is 0 Å². The Morgan fingerprint density at radius 1 is 0.218 bits per heavy atom. The van der Waals surface area contributed by atoms with E-state index < -0.39 is 312 Å². The molecule has 0 aromatic heterocycles. The number of quaternary nitrogens is 1. The predicted molar refractivity (Wildman–Crippen MR) is 272 cm³/mol. The largest absolute Gasteiger partial charge is 0.419 e. The van der Waals surface area contributed by atoms with E-state index in [4.69, 9.17) is 0 Å². The zero-order valence-corrected chi connectivity index (χ0v) is 49.4. The molecule has 10 aromatic carbocycles. The van der Waals surface area contributed by atoms with Crippen LogP contribution in [0.4, 0.5) is 171 Å². The lowest BCUT2D eigenvalue weighted by molar-refractivity contribution is -0.654. The van der Waals surface area contributed by atoms with Gasteiger partial charge in [0.25, 0.3) is 13.1 Å². The summed E-state index contributed by atoms with van der Waals surface area (Å²) >= 11 is -10.2. The average molecular weight is 1520 g/mol. The zero-order valence-electron chi connectivity index (χ0n) is 48.2. The zero-order chi connectivity index (χ0) is 76.6. The van der Waals surface area contributed by atoms with Crippen molar-refractivity contribution in [2.24, 2.45) is 0 Å². The first-order valence-electron chi connectivity index (χ1n) is 26.8. The number of rotatable bonds is 9. The first-order chi connectivity index (χ1) is 46.7. The molecule has 0 aliphatic heterocycles. The van der Waals surface area contributed by atoms with Gasteiger partial charge in [0.2, 0.25) is 5.82 Å². The summed E-state index contributed by atoms with van der Waals surface area (Å²) in [4.78, 5) is 0. The maximum atomic E-state index is 17.3. The van der Waals surface area contributed by atoms with Crippen molar-refractivity contribution in [2.45, 2.75) is 39.8 Å². The molecule has 0 saturated heterocycles. The molecule has 540 valence electrons. The molecule has 0 aliphatic carbocycles. The fourth-order valence-electron chi connectivity index (χ4n) is 11.3. The van der Waals surface area contributed by atoms with Crippen molar-refractivity contribution in [3.63, 3.8) is 0 Å². The Kier molecular flexibility index (Phi) is 21.1. The molecule has 0 atom stereocenters. The minimum absolute atomic E-state index is 0.362. The van der Waals surface area contributed by atoms with Gasteiger partial charge in [0.15, 0.2) is 180 Å². The Labute approximate surface area is 533 Å². The Bertz CT molecular complexity index is 4700. The van der Waals surface area contributed by atoms with Crippen LogP contribution in [-0.4, -0.2) is 26.2 Å². The fourth-order valence-corrected chi connectivity index (χ4v) is 17.9. The van der Waals surface area contributed by atoms with Crippen LogP contribution in [0.15, 0.2) is 0 Å². The van der Waals surface area contributed by atoms with E-state index >= 15 is 105 Å². The SMILES string of the molecule is CCC[NH2+]CCC.Cc1c(F)c(F)c(F)c(C(F)(F)F)c1-c1c(F)c(F)c(F)c(F)c1F.Fc1c(F)c(F)c2[c]([Al-]([c]3c(F)c(F)c(F)c4c(F)c(F)c(F)c(F)c34)([c]3c(F)c(F)c(F)c4c(F)c(F)c(F)c(F)c34)[c]3c(F)c(F)c(F)c4c(F)c(F)c(F)c(F)c34)c(F)c(F)c(F)c2c1F. The van der Waals surface area contributed by atoms with Crippen molar-refractivity contribution in [3.8, 4) is 11.1 Å². The minimum atomic E-state index is -10.2. The number of hydrogen-bond acceptors (Lipinski definition) is 0. The van der Waals surface area contributed by atoms with Crippen molar-refractivity contribution in [3.05, 3.63) is 221 Å². The Morgan fingerprint density at radius 3 is 0.604 bits per heavy atom. The lowest BCUT2D eigenvalue weighted by Gasteiger charge is -2.44. The monoisotopic (exact) mass is 1520 g/mol. The molecule has 101 heavy (non-hydrogen) atoms. The fraction of sp³-hybridized carbons (Fsp3) is 0.133. The van der Waals surface area contributed by atoms with E-state index in [0.717, 1.165) is 0 Å². The minimum Gasteiger partial charge on any atom is -0.346 e. The lowest BCUT2D eigenvalue weighted by Crippen LogP contribution is -2.84. The molecule has 2 N–H and O–H groups in total. The smallest absolute Gasteiger partial charge is 0.346 e. The van der Waals surface area contributed by atoms with Crippen molar-refractivity contribution in [2.75, 3.05) is 13.1 Å².